The maximum atomic E-state index is 3.48. The Balaban J connectivity index is 2.36. The van der Waals surface area contributed by atoms with E-state index in [1.165, 1.54) is 18.5 Å². The fourth-order valence-electron chi connectivity index (χ4n) is 2.02. The highest BCUT2D eigenvalue weighted by Crippen LogP contribution is 2.10. The lowest BCUT2D eigenvalue weighted by Crippen LogP contribution is -2.40. The van der Waals surface area contributed by atoms with Crippen LogP contribution in [0, 0.1) is 0 Å². The van der Waals surface area contributed by atoms with Crippen LogP contribution < -0.4 is 5.32 Å². The van der Waals surface area contributed by atoms with Crippen molar-refractivity contribution in [2.24, 2.45) is 0 Å². The van der Waals surface area contributed by atoms with E-state index < -0.39 is 0 Å². The third-order valence-electron chi connectivity index (χ3n) is 3.47. The fourth-order valence-corrected chi connectivity index (χ4v) is 2.02. The average molecular weight is 234 g/mol. The molecule has 0 radical (unpaired) electrons. The Bertz CT molecular complexity index is 297. The summed E-state index contributed by atoms with van der Waals surface area (Å²) in [6, 6.07) is 11.6. The first-order valence-electron chi connectivity index (χ1n) is 6.66. The summed E-state index contributed by atoms with van der Waals surface area (Å²) in [7, 11) is 2.22. The summed E-state index contributed by atoms with van der Waals surface area (Å²) in [5.74, 6) is 0. The SMILES string of the molecule is CCCC(C)N(C)C(C)CNc1ccccc1. The summed E-state index contributed by atoms with van der Waals surface area (Å²) < 4.78 is 0. The largest absolute Gasteiger partial charge is 0.383 e. The van der Waals surface area contributed by atoms with Gasteiger partial charge in [0.05, 0.1) is 0 Å². The predicted molar refractivity (Wildman–Crippen MR) is 76.5 cm³/mol. The lowest BCUT2D eigenvalue weighted by Gasteiger charge is -2.31. The van der Waals surface area contributed by atoms with Crippen molar-refractivity contribution >= 4 is 5.69 Å². The van der Waals surface area contributed by atoms with Crippen LogP contribution in [0.1, 0.15) is 33.6 Å². The van der Waals surface area contributed by atoms with Gasteiger partial charge in [0, 0.05) is 24.3 Å². The van der Waals surface area contributed by atoms with Gasteiger partial charge in [-0.25, -0.2) is 0 Å². The molecule has 0 heterocycles. The Morgan fingerprint density at radius 1 is 1.12 bits per heavy atom. The number of likely N-dealkylation sites (N-methyl/N-ethyl adjacent to an activating group) is 1. The van der Waals surface area contributed by atoms with E-state index >= 15 is 0 Å². The van der Waals surface area contributed by atoms with Gasteiger partial charge in [-0.1, -0.05) is 31.5 Å². The zero-order valence-electron chi connectivity index (χ0n) is 11.6. The van der Waals surface area contributed by atoms with Gasteiger partial charge in [-0.2, -0.15) is 0 Å². The summed E-state index contributed by atoms with van der Waals surface area (Å²) in [4.78, 5) is 2.46. The lowest BCUT2D eigenvalue weighted by molar-refractivity contribution is 0.193. The minimum Gasteiger partial charge on any atom is -0.383 e. The highest BCUT2D eigenvalue weighted by atomic mass is 15.2. The van der Waals surface area contributed by atoms with Crippen molar-refractivity contribution in [3.8, 4) is 0 Å². The Hall–Kier alpha value is -1.02. The van der Waals surface area contributed by atoms with E-state index in [0.29, 0.717) is 12.1 Å². The van der Waals surface area contributed by atoms with E-state index in [1.807, 2.05) is 6.07 Å². The zero-order valence-corrected chi connectivity index (χ0v) is 11.6. The molecular weight excluding hydrogens is 208 g/mol. The topological polar surface area (TPSA) is 15.3 Å². The Labute approximate surface area is 106 Å². The van der Waals surface area contributed by atoms with E-state index in [1.54, 1.807) is 0 Å². The second kappa shape index (κ2) is 7.33. The minimum atomic E-state index is 0.553. The van der Waals surface area contributed by atoms with E-state index in [4.69, 9.17) is 0 Å². The van der Waals surface area contributed by atoms with E-state index in [2.05, 4.69) is 62.3 Å². The van der Waals surface area contributed by atoms with Crippen molar-refractivity contribution in [3.05, 3.63) is 30.3 Å². The van der Waals surface area contributed by atoms with Crippen molar-refractivity contribution in [2.75, 3.05) is 18.9 Å². The number of nitrogens with zero attached hydrogens (tertiary/aromatic N) is 1. The van der Waals surface area contributed by atoms with E-state index in [9.17, 15) is 0 Å². The summed E-state index contributed by atoms with van der Waals surface area (Å²) in [5, 5.41) is 3.48. The standard InChI is InChI=1S/C15H26N2/c1-5-9-13(2)17(4)14(3)12-16-15-10-7-6-8-11-15/h6-8,10-11,13-14,16H,5,9,12H2,1-4H3. The van der Waals surface area contributed by atoms with Crippen molar-refractivity contribution in [2.45, 2.75) is 45.7 Å². The van der Waals surface area contributed by atoms with Gasteiger partial charge in [0.25, 0.3) is 0 Å². The van der Waals surface area contributed by atoms with Crippen molar-refractivity contribution in [1.82, 2.24) is 4.90 Å². The summed E-state index contributed by atoms with van der Waals surface area (Å²) in [6.45, 7) is 7.83. The van der Waals surface area contributed by atoms with Crippen molar-refractivity contribution in [1.29, 1.82) is 0 Å². The molecule has 1 N–H and O–H groups in total. The second-order valence-electron chi connectivity index (χ2n) is 4.90. The smallest absolute Gasteiger partial charge is 0.0340 e. The molecule has 0 saturated carbocycles. The van der Waals surface area contributed by atoms with Gasteiger partial charge in [0.15, 0.2) is 0 Å². The molecule has 96 valence electrons. The summed E-state index contributed by atoms with van der Waals surface area (Å²) in [6.07, 6.45) is 2.52. The predicted octanol–water partition coefficient (Wildman–Crippen LogP) is 3.61. The normalized spacial score (nSPS) is 14.6. The number of benzene rings is 1. The van der Waals surface area contributed by atoms with Gasteiger partial charge in [-0.05, 0) is 39.4 Å². The molecule has 0 fully saturated rings. The number of rotatable bonds is 7. The van der Waals surface area contributed by atoms with E-state index in [-0.39, 0.29) is 0 Å². The molecule has 0 amide bonds. The van der Waals surface area contributed by atoms with Gasteiger partial charge < -0.3 is 5.32 Å². The Morgan fingerprint density at radius 3 is 2.35 bits per heavy atom. The first-order chi connectivity index (χ1) is 8.15. The molecule has 2 nitrogen and oxygen atoms in total. The van der Waals surface area contributed by atoms with Crippen LogP contribution in [0.5, 0.6) is 0 Å². The first kappa shape index (κ1) is 14.0. The molecule has 0 aliphatic rings. The second-order valence-corrected chi connectivity index (χ2v) is 4.90. The maximum absolute atomic E-state index is 3.48. The van der Waals surface area contributed by atoms with Gasteiger partial charge in [-0.15, -0.1) is 0 Å². The third-order valence-corrected chi connectivity index (χ3v) is 3.47. The number of anilines is 1. The highest BCUT2D eigenvalue weighted by molar-refractivity contribution is 5.42. The maximum Gasteiger partial charge on any atom is 0.0340 e. The van der Waals surface area contributed by atoms with Gasteiger partial charge >= 0.3 is 0 Å². The molecule has 0 aliphatic heterocycles. The molecule has 17 heavy (non-hydrogen) atoms. The number of para-hydroxylation sites is 1. The van der Waals surface area contributed by atoms with Crippen LogP contribution >= 0.6 is 0 Å². The lowest BCUT2D eigenvalue weighted by atomic mass is 10.1. The molecule has 0 saturated heterocycles. The molecule has 1 aromatic carbocycles. The Morgan fingerprint density at radius 2 is 1.76 bits per heavy atom. The summed E-state index contributed by atoms with van der Waals surface area (Å²) >= 11 is 0. The number of nitrogens with one attached hydrogen (secondary N) is 1. The van der Waals surface area contributed by atoms with Crippen LogP contribution in [0.25, 0.3) is 0 Å². The summed E-state index contributed by atoms with van der Waals surface area (Å²) in [5.41, 5.74) is 1.20. The molecule has 2 unspecified atom stereocenters. The van der Waals surface area contributed by atoms with Crippen molar-refractivity contribution in [3.63, 3.8) is 0 Å². The van der Waals surface area contributed by atoms with Crippen LogP contribution in [0.15, 0.2) is 30.3 Å². The minimum absolute atomic E-state index is 0.553. The number of hydrogen-bond acceptors (Lipinski definition) is 2. The van der Waals surface area contributed by atoms with Crippen LogP contribution in [-0.4, -0.2) is 30.6 Å². The average Bonchev–Trinajstić information content (AvgIpc) is 2.36. The third kappa shape index (κ3) is 4.78. The molecule has 2 atom stereocenters. The number of hydrogen-bond donors (Lipinski definition) is 1. The van der Waals surface area contributed by atoms with Crippen LogP contribution in [-0.2, 0) is 0 Å². The molecule has 0 aromatic heterocycles. The van der Waals surface area contributed by atoms with Gasteiger partial charge in [-0.3, -0.25) is 4.90 Å². The molecule has 1 rings (SSSR count). The molecule has 1 aromatic rings. The van der Waals surface area contributed by atoms with E-state index in [0.717, 1.165) is 6.54 Å². The molecule has 0 spiro atoms. The molecule has 0 aliphatic carbocycles. The molecular formula is C15H26N2. The quantitative estimate of drug-likeness (QED) is 0.775. The van der Waals surface area contributed by atoms with Crippen LogP contribution in [0.2, 0.25) is 0 Å². The molecule has 0 bridgehead atoms. The van der Waals surface area contributed by atoms with Crippen LogP contribution in [0.4, 0.5) is 5.69 Å². The van der Waals surface area contributed by atoms with Crippen LogP contribution in [0.3, 0.4) is 0 Å². The van der Waals surface area contributed by atoms with Gasteiger partial charge in [0.1, 0.15) is 0 Å². The zero-order chi connectivity index (χ0) is 12.7. The fraction of sp³-hybridized carbons (Fsp3) is 0.600. The van der Waals surface area contributed by atoms with Gasteiger partial charge in [0.2, 0.25) is 0 Å². The highest BCUT2D eigenvalue weighted by Gasteiger charge is 2.14. The molecule has 2 heteroatoms. The van der Waals surface area contributed by atoms with Crippen molar-refractivity contribution < 1.29 is 0 Å². The monoisotopic (exact) mass is 234 g/mol. The first-order valence-corrected chi connectivity index (χ1v) is 6.66. The Kier molecular flexibility index (Phi) is 6.06.